The molecule has 2 aromatic rings. The Morgan fingerprint density at radius 1 is 1.37 bits per heavy atom. The number of rotatable bonds is 3. The molecule has 1 amide bonds. The standard InChI is InChI=1S/C14H14BrN3O/c1-9-8-16-18-12(9)17-13(19)14(6-7-14)10-2-4-11(15)5-3-10/h2-5,8H,6-7H2,1H3,(H2,16,17,18,19). The number of amides is 1. The van der Waals surface area contributed by atoms with Crippen molar-refractivity contribution in [2.75, 3.05) is 5.32 Å². The van der Waals surface area contributed by atoms with Crippen molar-refractivity contribution in [1.29, 1.82) is 0 Å². The maximum absolute atomic E-state index is 12.5. The SMILES string of the molecule is Cc1cn[nH]c1NC(=O)C1(c2ccc(Br)cc2)CC1. The second kappa shape index (κ2) is 4.49. The predicted octanol–water partition coefficient (Wildman–Crippen LogP) is 3.15. The van der Waals surface area contributed by atoms with Crippen molar-refractivity contribution in [3.8, 4) is 0 Å². The summed E-state index contributed by atoms with van der Waals surface area (Å²) in [5.74, 6) is 0.732. The second-order valence-corrected chi connectivity index (χ2v) is 5.89. The first kappa shape index (κ1) is 12.4. The summed E-state index contributed by atoms with van der Waals surface area (Å²) >= 11 is 3.41. The van der Waals surface area contributed by atoms with Gasteiger partial charge in [0.15, 0.2) is 0 Å². The number of carbonyl (C=O) groups is 1. The minimum absolute atomic E-state index is 0.0437. The van der Waals surface area contributed by atoms with E-state index in [0.29, 0.717) is 5.82 Å². The first-order valence-corrected chi connectivity index (χ1v) is 6.99. The molecule has 1 saturated carbocycles. The van der Waals surface area contributed by atoms with E-state index in [1.165, 1.54) is 0 Å². The van der Waals surface area contributed by atoms with E-state index in [9.17, 15) is 4.79 Å². The topological polar surface area (TPSA) is 57.8 Å². The maximum atomic E-state index is 12.5. The van der Waals surface area contributed by atoms with Crippen LogP contribution in [-0.4, -0.2) is 16.1 Å². The van der Waals surface area contributed by atoms with Crippen molar-refractivity contribution in [1.82, 2.24) is 10.2 Å². The Bertz CT molecular complexity index is 614. The molecule has 0 bridgehead atoms. The van der Waals surface area contributed by atoms with Crippen molar-refractivity contribution >= 4 is 27.7 Å². The third-order valence-corrected chi connectivity index (χ3v) is 4.18. The molecule has 1 aromatic carbocycles. The minimum atomic E-state index is -0.363. The third kappa shape index (κ3) is 2.18. The van der Waals surface area contributed by atoms with Crippen molar-refractivity contribution < 1.29 is 4.79 Å². The monoisotopic (exact) mass is 319 g/mol. The molecule has 0 spiro atoms. The number of nitrogens with one attached hydrogen (secondary N) is 2. The number of aromatic nitrogens is 2. The normalized spacial score (nSPS) is 16.1. The van der Waals surface area contributed by atoms with E-state index in [4.69, 9.17) is 0 Å². The minimum Gasteiger partial charge on any atom is -0.310 e. The van der Waals surface area contributed by atoms with Crippen molar-refractivity contribution in [3.05, 3.63) is 46.1 Å². The molecule has 5 heteroatoms. The number of halogens is 1. The zero-order valence-electron chi connectivity index (χ0n) is 10.5. The average Bonchev–Trinajstić information content (AvgIpc) is 3.11. The fourth-order valence-electron chi connectivity index (χ4n) is 2.25. The Morgan fingerprint density at radius 2 is 2.05 bits per heavy atom. The van der Waals surface area contributed by atoms with Crippen LogP contribution >= 0.6 is 15.9 Å². The molecule has 98 valence electrons. The van der Waals surface area contributed by atoms with E-state index in [1.54, 1.807) is 6.20 Å². The summed E-state index contributed by atoms with van der Waals surface area (Å²) in [6, 6.07) is 7.97. The van der Waals surface area contributed by atoms with Gasteiger partial charge in [-0.2, -0.15) is 5.10 Å². The van der Waals surface area contributed by atoms with Crippen LogP contribution in [0.4, 0.5) is 5.82 Å². The molecule has 4 nitrogen and oxygen atoms in total. The lowest BCUT2D eigenvalue weighted by Crippen LogP contribution is -2.28. The van der Waals surface area contributed by atoms with Gasteiger partial charge in [0.1, 0.15) is 5.82 Å². The molecule has 0 radical (unpaired) electrons. The molecule has 0 unspecified atom stereocenters. The summed E-state index contributed by atoms with van der Waals surface area (Å²) in [5.41, 5.74) is 1.66. The molecule has 3 rings (SSSR count). The van der Waals surface area contributed by atoms with Gasteiger partial charge in [-0.25, -0.2) is 0 Å². The highest BCUT2D eigenvalue weighted by atomic mass is 79.9. The van der Waals surface area contributed by atoms with E-state index in [2.05, 4.69) is 31.4 Å². The number of hydrogen-bond donors (Lipinski definition) is 2. The molecule has 1 aromatic heterocycles. The second-order valence-electron chi connectivity index (χ2n) is 4.97. The largest absolute Gasteiger partial charge is 0.310 e. The summed E-state index contributed by atoms with van der Waals surface area (Å²) in [5, 5.41) is 9.66. The van der Waals surface area contributed by atoms with Gasteiger partial charge < -0.3 is 5.32 Å². The maximum Gasteiger partial charge on any atom is 0.236 e. The van der Waals surface area contributed by atoms with E-state index >= 15 is 0 Å². The lowest BCUT2D eigenvalue weighted by atomic mass is 9.95. The van der Waals surface area contributed by atoms with Gasteiger partial charge in [-0.1, -0.05) is 28.1 Å². The summed E-state index contributed by atoms with van der Waals surface area (Å²) in [6.07, 6.45) is 3.50. The Morgan fingerprint density at radius 3 is 2.58 bits per heavy atom. The van der Waals surface area contributed by atoms with Crippen LogP contribution in [0.25, 0.3) is 0 Å². The van der Waals surface area contributed by atoms with Gasteiger partial charge in [-0.15, -0.1) is 0 Å². The first-order valence-electron chi connectivity index (χ1n) is 6.19. The van der Waals surface area contributed by atoms with Crippen LogP contribution in [0.15, 0.2) is 34.9 Å². The molecule has 0 saturated heterocycles. The van der Waals surface area contributed by atoms with E-state index < -0.39 is 0 Å². The van der Waals surface area contributed by atoms with Crippen molar-refractivity contribution in [2.24, 2.45) is 0 Å². The Hall–Kier alpha value is -1.62. The van der Waals surface area contributed by atoms with Gasteiger partial charge >= 0.3 is 0 Å². The predicted molar refractivity (Wildman–Crippen MR) is 77.0 cm³/mol. The Kier molecular flexibility index (Phi) is 2.93. The van der Waals surface area contributed by atoms with Gasteiger partial charge in [0.05, 0.1) is 11.6 Å². The number of aryl methyl sites for hydroxylation is 1. The van der Waals surface area contributed by atoms with Crippen LogP contribution in [0.5, 0.6) is 0 Å². The molecule has 2 N–H and O–H groups in total. The third-order valence-electron chi connectivity index (χ3n) is 3.65. The molecule has 0 atom stereocenters. The van der Waals surface area contributed by atoms with E-state index in [0.717, 1.165) is 28.4 Å². The number of hydrogen-bond acceptors (Lipinski definition) is 2. The number of aromatic amines is 1. The quantitative estimate of drug-likeness (QED) is 0.913. The highest BCUT2D eigenvalue weighted by molar-refractivity contribution is 9.10. The van der Waals surface area contributed by atoms with Crippen LogP contribution in [0.1, 0.15) is 24.0 Å². The van der Waals surface area contributed by atoms with Gasteiger partial charge in [-0.3, -0.25) is 9.89 Å². The fourth-order valence-corrected chi connectivity index (χ4v) is 2.51. The number of carbonyl (C=O) groups excluding carboxylic acids is 1. The molecule has 0 aliphatic heterocycles. The van der Waals surface area contributed by atoms with Crippen LogP contribution in [0, 0.1) is 6.92 Å². The average molecular weight is 320 g/mol. The van der Waals surface area contributed by atoms with E-state index in [-0.39, 0.29) is 11.3 Å². The van der Waals surface area contributed by atoms with E-state index in [1.807, 2.05) is 31.2 Å². The smallest absolute Gasteiger partial charge is 0.236 e. The van der Waals surface area contributed by atoms with Crippen molar-refractivity contribution in [2.45, 2.75) is 25.2 Å². The lowest BCUT2D eigenvalue weighted by molar-refractivity contribution is -0.118. The van der Waals surface area contributed by atoms with Crippen LogP contribution < -0.4 is 5.32 Å². The van der Waals surface area contributed by atoms with Crippen molar-refractivity contribution in [3.63, 3.8) is 0 Å². The van der Waals surface area contributed by atoms with Gasteiger partial charge in [0.2, 0.25) is 5.91 Å². The number of nitrogens with zero attached hydrogens (tertiary/aromatic N) is 1. The Labute approximate surface area is 119 Å². The van der Waals surface area contributed by atoms with Crippen LogP contribution in [0.3, 0.4) is 0 Å². The highest BCUT2D eigenvalue weighted by Gasteiger charge is 2.51. The zero-order chi connectivity index (χ0) is 13.5. The number of benzene rings is 1. The molecule has 1 heterocycles. The Balaban J connectivity index is 1.83. The lowest BCUT2D eigenvalue weighted by Gasteiger charge is -2.15. The molecule has 1 fully saturated rings. The molecule has 1 aliphatic carbocycles. The van der Waals surface area contributed by atoms with Crippen LogP contribution in [-0.2, 0) is 10.2 Å². The molecular formula is C14H14BrN3O. The highest BCUT2D eigenvalue weighted by Crippen LogP contribution is 2.49. The summed E-state index contributed by atoms with van der Waals surface area (Å²) in [4.78, 5) is 12.5. The van der Waals surface area contributed by atoms with Gasteiger partial charge in [0.25, 0.3) is 0 Å². The molecule has 1 aliphatic rings. The zero-order valence-corrected chi connectivity index (χ0v) is 12.1. The number of anilines is 1. The molecular weight excluding hydrogens is 306 g/mol. The van der Waals surface area contributed by atoms with Gasteiger partial charge in [0, 0.05) is 10.0 Å². The number of H-pyrrole nitrogens is 1. The fraction of sp³-hybridized carbons (Fsp3) is 0.286. The van der Waals surface area contributed by atoms with Crippen LogP contribution in [0.2, 0.25) is 0 Å². The first-order chi connectivity index (χ1) is 9.12. The molecule has 19 heavy (non-hydrogen) atoms. The summed E-state index contributed by atoms with van der Waals surface area (Å²) in [7, 11) is 0. The van der Waals surface area contributed by atoms with Gasteiger partial charge in [-0.05, 0) is 37.5 Å². The summed E-state index contributed by atoms with van der Waals surface area (Å²) in [6.45, 7) is 1.91. The summed E-state index contributed by atoms with van der Waals surface area (Å²) < 4.78 is 1.02.